The van der Waals surface area contributed by atoms with Crippen LogP contribution in [-0.2, 0) is 9.83 Å². The lowest BCUT2D eigenvalue weighted by Gasteiger charge is -2.02. The van der Waals surface area contributed by atoms with E-state index in [1.54, 1.807) is 11.8 Å². The van der Waals surface area contributed by atoms with Crippen molar-refractivity contribution in [1.29, 1.82) is 0 Å². The van der Waals surface area contributed by atoms with Crippen LogP contribution in [0.2, 0.25) is 0 Å². The smallest absolute Gasteiger partial charge is 0.320 e. The Kier molecular flexibility index (Phi) is 12.6. The van der Waals surface area contributed by atoms with Crippen molar-refractivity contribution in [3.8, 4) is 0 Å². The first-order valence-electron chi connectivity index (χ1n) is 3.02. The second kappa shape index (κ2) is 10.7. The number of carbonyl (C=O) groups is 1. The molecule has 0 rings (SSSR count). The van der Waals surface area contributed by atoms with Crippen LogP contribution in [0.25, 0.3) is 0 Å². The summed E-state index contributed by atoms with van der Waals surface area (Å²) >= 11 is 1.60. The van der Waals surface area contributed by atoms with Gasteiger partial charge in [0.2, 0.25) is 0 Å². The molecule has 0 amide bonds. The van der Waals surface area contributed by atoms with Gasteiger partial charge >= 0.3 is 5.97 Å². The van der Waals surface area contributed by atoms with Crippen LogP contribution in [0.3, 0.4) is 0 Å². The Morgan fingerprint density at radius 2 is 2.08 bits per heavy atom. The van der Waals surface area contributed by atoms with Crippen molar-refractivity contribution in [2.24, 2.45) is 5.73 Å². The number of hydrogen-bond acceptors (Lipinski definition) is 6. The van der Waals surface area contributed by atoms with Crippen LogP contribution < -0.4 is 5.73 Å². The number of carboxylic acids is 1. The van der Waals surface area contributed by atoms with Gasteiger partial charge in [0.15, 0.2) is 0 Å². The fourth-order valence-corrected chi connectivity index (χ4v) is 0.858. The molecule has 12 heavy (non-hydrogen) atoms. The molecular weight excluding hydrogens is 186 g/mol. The molecule has 0 heterocycles. The fraction of sp³-hybridized carbons (Fsp3) is 0.800. The number of rotatable bonds is 4. The molecule has 74 valence electrons. The van der Waals surface area contributed by atoms with Gasteiger partial charge in [-0.25, -0.2) is 10.5 Å². The number of nitrogens with two attached hydrogens (primary N) is 1. The second-order valence-electron chi connectivity index (χ2n) is 1.81. The van der Waals surface area contributed by atoms with Crippen LogP contribution in [0.15, 0.2) is 0 Å². The van der Waals surface area contributed by atoms with Crippen LogP contribution in [0, 0.1) is 0 Å². The largest absolute Gasteiger partial charge is 0.480 e. The molecule has 0 fully saturated rings. The molecule has 0 spiro atoms. The zero-order valence-electron chi connectivity index (χ0n) is 6.64. The summed E-state index contributed by atoms with van der Waals surface area (Å²) in [4.78, 5) is 10.1. The van der Waals surface area contributed by atoms with E-state index < -0.39 is 12.0 Å². The minimum absolute atomic E-state index is 0.552. The quantitative estimate of drug-likeness (QED) is 0.375. The Hall–Kier alpha value is -0.340. The van der Waals surface area contributed by atoms with Crippen LogP contribution in [-0.4, -0.2) is 39.6 Å². The number of carboxylic acid groups (broad SMARTS) is 1. The summed E-state index contributed by atoms with van der Waals surface area (Å²) in [6.45, 7) is 0. The van der Waals surface area contributed by atoms with E-state index in [4.69, 9.17) is 21.4 Å². The van der Waals surface area contributed by atoms with Gasteiger partial charge in [0.25, 0.3) is 0 Å². The molecule has 0 saturated heterocycles. The maximum atomic E-state index is 10.1. The highest BCUT2D eigenvalue weighted by Crippen LogP contribution is 1.97. The van der Waals surface area contributed by atoms with Crippen molar-refractivity contribution < 1.29 is 25.5 Å². The fourth-order valence-electron chi connectivity index (χ4n) is 0.368. The van der Waals surface area contributed by atoms with E-state index >= 15 is 0 Å². The minimum Gasteiger partial charge on any atom is -0.480 e. The van der Waals surface area contributed by atoms with Crippen molar-refractivity contribution in [1.82, 2.24) is 0 Å². The SMILES string of the molecule is CSCC[C@H](N)C(=O)O.OOO. The predicted molar refractivity (Wildman–Crippen MR) is 45.0 cm³/mol. The third-order valence-corrected chi connectivity index (χ3v) is 1.59. The van der Waals surface area contributed by atoms with Gasteiger partial charge in [0, 0.05) is 0 Å². The Balaban J connectivity index is 0. The topological polar surface area (TPSA) is 113 Å². The summed E-state index contributed by atoms with van der Waals surface area (Å²) in [7, 11) is 0. The Bertz CT molecular complexity index is 112. The highest BCUT2D eigenvalue weighted by Gasteiger charge is 2.08. The number of thioether (sulfide) groups is 1. The molecule has 0 aromatic carbocycles. The van der Waals surface area contributed by atoms with Crippen LogP contribution in [0.1, 0.15) is 6.42 Å². The van der Waals surface area contributed by atoms with Gasteiger partial charge in [-0.15, -0.1) is 0 Å². The molecule has 0 aliphatic rings. The van der Waals surface area contributed by atoms with E-state index in [9.17, 15) is 4.79 Å². The molecule has 0 aromatic heterocycles. The van der Waals surface area contributed by atoms with E-state index in [1.807, 2.05) is 6.26 Å². The zero-order valence-corrected chi connectivity index (χ0v) is 7.45. The minimum atomic E-state index is -0.913. The van der Waals surface area contributed by atoms with Crippen molar-refractivity contribution in [3.63, 3.8) is 0 Å². The molecule has 0 unspecified atom stereocenters. The molecule has 6 nitrogen and oxygen atoms in total. The summed E-state index contributed by atoms with van der Waals surface area (Å²) in [6, 6.07) is -0.683. The summed E-state index contributed by atoms with van der Waals surface area (Å²) in [5, 5.41) is 23.8. The average molecular weight is 199 g/mol. The average Bonchev–Trinajstić information content (AvgIpc) is 2.01. The first kappa shape index (κ1) is 14.2. The second-order valence-corrected chi connectivity index (χ2v) is 2.79. The maximum absolute atomic E-state index is 10.1. The summed E-state index contributed by atoms with van der Waals surface area (Å²) in [5.41, 5.74) is 5.19. The van der Waals surface area contributed by atoms with E-state index in [0.29, 0.717) is 6.42 Å². The summed E-state index contributed by atoms with van der Waals surface area (Å²) in [6.07, 6.45) is 2.48. The van der Waals surface area contributed by atoms with E-state index in [2.05, 4.69) is 5.04 Å². The summed E-state index contributed by atoms with van der Waals surface area (Å²) < 4.78 is 0. The van der Waals surface area contributed by atoms with E-state index in [1.165, 1.54) is 0 Å². The number of aliphatic carboxylic acids is 1. The van der Waals surface area contributed by atoms with Crippen molar-refractivity contribution in [2.45, 2.75) is 12.5 Å². The van der Waals surface area contributed by atoms with Gasteiger partial charge in [0.1, 0.15) is 6.04 Å². The lowest BCUT2D eigenvalue weighted by Crippen LogP contribution is -2.30. The Morgan fingerprint density at radius 1 is 1.67 bits per heavy atom. The molecule has 0 aromatic rings. The van der Waals surface area contributed by atoms with E-state index in [-0.39, 0.29) is 0 Å². The predicted octanol–water partition coefficient (Wildman–Crippen LogP) is 0.100. The van der Waals surface area contributed by atoms with Gasteiger partial charge in [0.05, 0.1) is 0 Å². The van der Waals surface area contributed by atoms with Crippen LogP contribution >= 0.6 is 11.8 Å². The molecule has 5 N–H and O–H groups in total. The molecule has 0 bridgehead atoms. The molecule has 0 radical (unpaired) electrons. The third-order valence-electron chi connectivity index (χ3n) is 0.950. The van der Waals surface area contributed by atoms with Crippen LogP contribution in [0.4, 0.5) is 0 Å². The molecule has 0 aliphatic heterocycles. The zero-order chi connectivity index (χ0) is 9.98. The van der Waals surface area contributed by atoms with Gasteiger partial charge in [-0.3, -0.25) is 4.79 Å². The lowest BCUT2D eigenvalue weighted by atomic mass is 10.2. The monoisotopic (exact) mass is 199 g/mol. The Labute approximate surface area is 74.2 Å². The van der Waals surface area contributed by atoms with Gasteiger partial charge in [-0.2, -0.15) is 11.8 Å². The highest BCUT2D eigenvalue weighted by molar-refractivity contribution is 7.98. The standard InChI is InChI=1S/C5H11NO2S.H2O3/c1-9-3-2-4(6)5(7)8;1-3-2/h4H,2-3,6H2,1H3,(H,7,8);1-2H/t4-;/m0./s1. The summed E-state index contributed by atoms with van der Waals surface area (Å²) in [5.74, 6) is -0.1000. The molecule has 1 atom stereocenters. The van der Waals surface area contributed by atoms with Crippen molar-refractivity contribution >= 4 is 17.7 Å². The highest BCUT2D eigenvalue weighted by atomic mass is 32.2. The van der Waals surface area contributed by atoms with Gasteiger partial charge in [-0.05, 0) is 18.4 Å². The first-order valence-corrected chi connectivity index (χ1v) is 4.41. The molecule has 7 heteroatoms. The lowest BCUT2D eigenvalue weighted by molar-refractivity contribution is -0.465. The third kappa shape index (κ3) is 12.3. The molecule has 0 aliphatic carbocycles. The Morgan fingerprint density at radius 3 is 2.33 bits per heavy atom. The molecule has 0 saturated carbocycles. The van der Waals surface area contributed by atoms with Gasteiger partial charge in [-0.1, -0.05) is 5.04 Å². The van der Waals surface area contributed by atoms with Crippen LogP contribution in [0.5, 0.6) is 0 Å². The van der Waals surface area contributed by atoms with Gasteiger partial charge < -0.3 is 10.8 Å². The van der Waals surface area contributed by atoms with E-state index in [0.717, 1.165) is 5.75 Å². The normalized spacial score (nSPS) is 11.3. The molecular formula is C5H13NO5S. The first-order chi connectivity index (χ1) is 5.59. The van der Waals surface area contributed by atoms with Crippen molar-refractivity contribution in [2.75, 3.05) is 12.0 Å². The maximum Gasteiger partial charge on any atom is 0.320 e. The number of hydrogen-bond donors (Lipinski definition) is 4. The van der Waals surface area contributed by atoms with Crippen molar-refractivity contribution in [3.05, 3.63) is 0 Å².